The molecule has 0 unspecified atom stereocenters. The van der Waals surface area contributed by atoms with Crippen LogP contribution in [0, 0.1) is 13.8 Å². The first-order chi connectivity index (χ1) is 8.60. The van der Waals surface area contributed by atoms with E-state index in [2.05, 4.69) is 19.6 Å². The number of rotatable bonds is 3. The number of phenols is 1. The van der Waals surface area contributed by atoms with Crippen molar-refractivity contribution in [1.82, 2.24) is 9.36 Å². The number of nitrogens with zero attached hydrogens (tertiary/aromatic N) is 4. The summed E-state index contributed by atoms with van der Waals surface area (Å²) in [7, 11) is 0. The van der Waals surface area contributed by atoms with E-state index in [0.29, 0.717) is 10.3 Å². The van der Waals surface area contributed by atoms with Gasteiger partial charge in [0.05, 0.1) is 5.69 Å². The molecule has 0 aliphatic rings. The number of hydrogen-bond acceptors (Lipinski definition) is 7. The van der Waals surface area contributed by atoms with Crippen molar-refractivity contribution in [3.8, 4) is 5.75 Å². The first-order valence-corrected chi connectivity index (χ1v) is 7.19. The van der Waals surface area contributed by atoms with Gasteiger partial charge in [0.25, 0.3) is 0 Å². The van der Waals surface area contributed by atoms with Gasteiger partial charge in [-0.3, -0.25) is 0 Å². The van der Waals surface area contributed by atoms with Gasteiger partial charge in [0.15, 0.2) is 0 Å². The topological polar surface area (TPSA) is 70.7 Å². The van der Waals surface area contributed by atoms with E-state index in [-0.39, 0.29) is 5.75 Å². The molecule has 1 aromatic carbocycles. The first-order valence-electron chi connectivity index (χ1n) is 5.20. The van der Waals surface area contributed by atoms with Crippen molar-refractivity contribution in [2.45, 2.75) is 19.0 Å². The molecule has 0 spiro atoms. The Kier molecular flexibility index (Phi) is 3.93. The predicted molar refractivity (Wildman–Crippen MR) is 73.4 cm³/mol. The number of phenolic OH excluding ortho intramolecular Hbond substituents is 1. The monoisotopic (exact) mass is 280 g/mol. The highest BCUT2D eigenvalue weighted by Gasteiger charge is 2.04. The van der Waals surface area contributed by atoms with Crippen LogP contribution < -0.4 is 0 Å². The van der Waals surface area contributed by atoms with Gasteiger partial charge >= 0.3 is 0 Å². The maximum Gasteiger partial charge on any atom is 0.250 e. The Balaban J connectivity index is 2.25. The van der Waals surface area contributed by atoms with Crippen molar-refractivity contribution in [2.75, 3.05) is 6.26 Å². The smallest absolute Gasteiger partial charge is 0.250 e. The lowest BCUT2D eigenvalue weighted by Gasteiger charge is -2.02. The maximum absolute atomic E-state index is 9.55. The van der Waals surface area contributed by atoms with E-state index in [1.165, 1.54) is 23.3 Å². The van der Waals surface area contributed by atoms with Gasteiger partial charge in [-0.15, -0.1) is 10.2 Å². The fourth-order valence-electron chi connectivity index (χ4n) is 1.32. The molecule has 0 saturated carbocycles. The van der Waals surface area contributed by atoms with Crippen molar-refractivity contribution in [1.29, 1.82) is 0 Å². The average molecular weight is 280 g/mol. The van der Waals surface area contributed by atoms with Crippen LogP contribution in [-0.4, -0.2) is 20.7 Å². The standard InChI is InChI=1S/C11H12N4OS2/c1-6-5-9(16)7(2)4-8(6)13-14-10-12-11(17-3)15-18-10/h4-5,16H,1-3H3. The molecule has 0 amide bonds. The second kappa shape index (κ2) is 5.45. The minimum atomic E-state index is 0.270. The number of aryl methyl sites for hydroxylation is 2. The predicted octanol–water partition coefficient (Wildman–Crippen LogP) is 4.00. The molecule has 0 saturated heterocycles. The summed E-state index contributed by atoms with van der Waals surface area (Å²) in [6.07, 6.45) is 1.91. The molecule has 5 nitrogen and oxygen atoms in total. The zero-order valence-electron chi connectivity index (χ0n) is 10.2. The zero-order chi connectivity index (χ0) is 13.1. The molecule has 1 heterocycles. The van der Waals surface area contributed by atoms with E-state index in [0.717, 1.165) is 16.8 Å². The lowest BCUT2D eigenvalue weighted by molar-refractivity contribution is 0.470. The summed E-state index contributed by atoms with van der Waals surface area (Å²) < 4.78 is 4.10. The van der Waals surface area contributed by atoms with Gasteiger partial charge in [0.2, 0.25) is 10.3 Å². The Labute approximate surface area is 113 Å². The minimum Gasteiger partial charge on any atom is -0.508 e. The van der Waals surface area contributed by atoms with E-state index in [9.17, 15) is 5.11 Å². The molecular formula is C11H12N4OS2. The Morgan fingerprint density at radius 1 is 1.22 bits per heavy atom. The summed E-state index contributed by atoms with van der Waals surface area (Å²) in [6.45, 7) is 3.70. The summed E-state index contributed by atoms with van der Waals surface area (Å²) in [5.41, 5.74) is 2.37. The Morgan fingerprint density at radius 2 is 2.00 bits per heavy atom. The van der Waals surface area contributed by atoms with Gasteiger partial charge in [-0.05, 0) is 43.4 Å². The largest absolute Gasteiger partial charge is 0.508 e. The second-order valence-electron chi connectivity index (χ2n) is 3.69. The summed E-state index contributed by atoms with van der Waals surface area (Å²) in [6, 6.07) is 3.47. The number of thioether (sulfide) groups is 1. The van der Waals surface area contributed by atoms with Crippen LogP contribution >= 0.6 is 23.3 Å². The molecule has 0 atom stereocenters. The van der Waals surface area contributed by atoms with Gasteiger partial charge in [0, 0.05) is 11.5 Å². The van der Waals surface area contributed by atoms with Crippen LogP contribution in [0.3, 0.4) is 0 Å². The summed E-state index contributed by atoms with van der Waals surface area (Å²) in [4.78, 5) is 4.17. The Bertz CT molecular complexity index is 595. The number of aromatic hydroxyl groups is 1. The number of benzene rings is 1. The van der Waals surface area contributed by atoms with Crippen molar-refractivity contribution in [3.05, 3.63) is 23.3 Å². The molecular weight excluding hydrogens is 268 g/mol. The highest BCUT2D eigenvalue weighted by atomic mass is 32.2. The Hall–Kier alpha value is -1.47. The van der Waals surface area contributed by atoms with Crippen molar-refractivity contribution in [2.24, 2.45) is 10.2 Å². The number of aromatic nitrogens is 2. The van der Waals surface area contributed by atoms with Crippen LogP contribution in [0.5, 0.6) is 5.75 Å². The van der Waals surface area contributed by atoms with Gasteiger partial charge in [-0.2, -0.15) is 9.36 Å². The molecule has 1 aromatic heterocycles. The third kappa shape index (κ3) is 2.85. The third-order valence-electron chi connectivity index (χ3n) is 2.34. The highest BCUT2D eigenvalue weighted by Crippen LogP contribution is 2.29. The van der Waals surface area contributed by atoms with E-state index >= 15 is 0 Å². The van der Waals surface area contributed by atoms with Crippen LogP contribution in [0.2, 0.25) is 0 Å². The molecule has 0 radical (unpaired) electrons. The van der Waals surface area contributed by atoms with Crippen LogP contribution in [0.25, 0.3) is 0 Å². The quantitative estimate of drug-likeness (QED) is 0.681. The van der Waals surface area contributed by atoms with Gasteiger partial charge in [0.1, 0.15) is 5.75 Å². The molecule has 7 heteroatoms. The lowest BCUT2D eigenvalue weighted by atomic mass is 10.1. The maximum atomic E-state index is 9.55. The summed E-state index contributed by atoms with van der Waals surface area (Å²) in [5, 5.41) is 19.0. The van der Waals surface area contributed by atoms with Crippen molar-refractivity contribution in [3.63, 3.8) is 0 Å². The molecule has 2 rings (SSSR count). The number of azo groups is 1. The van der Waals surface area contributed by atoms with Crippen LogP contribution in [0.4, 0.5) is 10.8 Å². The average Bonchev–Trinajstić information content (AvgIpc) is 2.80. The minimum absolute atomic E-state index is 0.270. The number of hydrogen-bond donors (Lipinski definition) is 1. The van der Waals surface area contributed by atoms with Crippen molar-refractivity contribution < 1.29 is 5.11 Å². The molecule has 0 fully saturated rings. The lowest BCUT2D eigenvalue weighted by Crippen LogP contribution is -1.78. The van der Waals surface area contributed by atoms with Crippen LogP contribution in [-0.2, 0) is 0 Å². The zero-order valence-corrected chi connectivity index (χ0v) is 11.8. The summed E-state index contributed by atoms with van der Waals surface area (Å²) >= 11 is 2.69. The SMILES string of the molecule is CSc1nsc(N=Nc2cc(C)c(O)cc2C)n1. The van der Waals surface area contributed by atoms with E-state index in [4.69, 9.17) is 0 Å². The molecule has 0 aliphatic carbocycles. The second-order valence-corrected chi connectivity index (χ2v) is 5.19. The molecule has 0 aliphatic heterocycles. The van der Waals surface area contributed by atoms with Gasteiger partial charge in [-0.25, -0.2) is 0 Å². The van der Waals surface area contributed by atoms with Crippen molar-refractivity contribution >= 4 is 34.1 Å². The van der Waals surface area contributed by atoms with Crippen LogP contribution in [0.1, 0.15) is 11.1 Å². The molecule has 0 bridgehead atoms. The van der Waals surface area contributed by atoms with E-state index in [1.807, 2.05) is 20.1 Å². The fourth-order valence-corrected chi connectivity index (χ4v) is 2.37. The van der Waals surface area contributed by atoms with Gasteiger partial charge < -0.3 is 5.11 Å². The van der Waals surface area contributed by atoms with E-state index < -0.39 is 0 Å². The molecule has 2 aromatic rings. The summed E-state index contributed by atoms with van der Waals surface area (Å²) in [5.74, 6) is 0.270. The highest BCUT2D eigenvalue weighted by molar-refractivity contribution is 7.98. The van der Waals surface area contributed by atoms with Crippen LogP contribution in [0.15, 0.2) is 27.5 Å². The molecule has 94 valence electrons. The third-order valence-corrected chi connectivity index (χ3v) is 3.60. The first kappa shape index (κ1) is 13.0. The van der Waals surface area contributed by atoms with Gasteiger partial charge in [-0.1, -0.05) is 11.8 Å². The fraction of sp³-hybridized carbons (Fsp3) is 0.273. The molecule has 18 heavy (non-hydrogen) atoms. The Morgan fingerprint density at radius 3 is 2.67 bits per heavy atom. The normalized spacial score (nSPS) is 11.3. The molecule has 1 N–H and O–H groups in total. The van der Waals surface area contributed by atoms with E-state index in [1.54, 1.807) is 12.1 Å².